The summed E-state index contributed by atoms with van der Waals surface area (Å²) in [5.74, 6) is 0.547. The van der Waals surface area contributed by atoms with Crippen LogP contribution in [0.5, 0.6) is 0 Å². The molecule has 1 unspecified atom stereocenters. The van der Waals surface area contributed by atoms with Crippen LogP contribution in [0.4, 0.5) is 0 Å². The number of rotatable bonds is 5. The Balaban J connectivity index is 2.49. The Morgan fingerprint density at radius 1 is 1.44 bits per heavy atom. The lowest BCUT2D eigenvalue weighted by Gasteiger charge is -2.14. The first-order valence-corrected chi connectivity index (χ1v) is 6.24. The van der Waals surface area contributed by atoms with Gasteiger partial charge in [-0.25, -0.2) is 0 Å². The SMILES string of the molecule is Cc1nn(C)c(Cl)c1CCCC(N)C(C)C. The highest BCUT2D eigenvalue weighted by atomic mass is 35.5. The maximum Gasteiger partial charge on any atom is 0.130 e. The molecule has 4 heteroatoms. The molecule has 1 atom stereocenters. The van der Waals surface area contributed by atoms with Crippen LogP contribution in [0.1, 0.15) is 37.9 Å². The Bertz CT molecular complexity index is 344. The van der Waals surface area contributed by atoms with Crippen LogP contribution >= 0.6 is 11.6 Å². The molecule has 0 aliphatic carbocycles. The van der Waals surface area contributed by atoms with Gasteiger partial charge in [0.05, 0.1) is 5.69 Å². The third kappa shape index (κ3) is 3.22. The number of aromatic nitrogens is 2. The third-order valence-electron chi connectivity index (χ3n) is 3.09. The van der Waals surface area contributed by atoms with E-state index in [4.69, 9.17) is 17.3 Å². The quantitative estimate of drug-likeness (QED) is 0.864. The molecular weight excluding hydrogens is 222 g/mol. The molecule has 1 aromatic rings. The van der Waals surface area contributed by atoms with Crippen LogP contribution in [0.15, 0.2) is 0 Å². The van der Waals surface area contributed by atoms with E-state index < -0.39 is 0 Å². The van der Waals surface area contributed by atoms with Crippen molar-refractivity contribution in [3.05, 3.63) is 16.4 Å². The molecule has 3 nitrogen and oxygen atoms in total. The second-order valence-corrected chi connectivity index (χ2v) is 5.14. The van der Waals surface area contributed by atoms with E-state index in [1.165, 1.54) is 5.56 Å². The lowest BCUT2D eigenvalue weighted by atomic mass is 9.98. The van der Waals surface area contributed by atoms with Crippen LogP contribution in [-0.2, 0) is 13.5 Å². The second-order valence-electron chi connectivity index (χ2n) is 4.78. The topological polar surface area (TPSA) is 43.8 Å². The molecule has 1 heterocycles. The van der Waals surface area contributed by atoms with Gasteiger partial charge in [-0.2, -0.15) is 5.10 Å². The standard InChI is InChI=1S/C12H22ClN3/c1-8(2)11(14)7-5-6-10-9(3)15-16(4)12(10)13/h8,11H,5-7,14H2,1-4H3. The summed E-state index contributed by atoms with van der Waals surface area (Å²) in [5, 5.41) is 5.06. The van der Waals surface area contributed by atoms with Gasteiger partial charge >= 0.3 is 0 Å². The van der Waals surface area contributed by atoms with Crippen molar-refractivity contribution in [3.63, 3.8) is 0 Å². The van der Waals surface area contributed by atoms with E-state index in [0.717, 1.165) is 30.1 Å². The van der Waals surface area contributed by atoms with Crippen LogP contribution in [0.3, 0.4) is 0 Å². The minimum absolute atomic E-state index is 0.288. The number of nitrogens with zero attached hydrogens (tertiary/aromatic N) is 2. The number of nitrogens with two attached hydrogens (primary N) is 1. The van der Waals surface area contributed by atoms with E-state index in [9.17, 15) is 0 Å². The number of hydrogen-bond donors (Lipinski definition) is 1. The van der Waals surface area contributed by atoms with Gasteiger partial charge in [-0.05, 0) is 32.1 Å². The Hall–Kier alpha value is -0.540. The number of hydrogen-bond acceptors (Lipinski definition) is 2. The summed E-state index contributed by atoms with van der Waals surface area (Å²) in [6.45, 7) is 6.32. The van der Waals surface area contributed by atoms with Gasteiger partial charge < -0.3 is 5.73 Å². The third-order valence-corrected chi connectivity index (χ3v) is 3.56. The minimum Gasteiger partial charge on any atom is -0.327 e. The average molecular weight is 244 g/mol. The van der Waals surface area contributed by atoms with E-state index in [1.807, 2.05) is 14.0 Å². The van der Waals surface area contributed by atoms with Gasteiger partial charge in [0, 0.05) is 18.7 Å². The molecule has 0 saturated carbocycles. The monoisotopic (exact) mass is 243 g/mol. The summed E-state index contributed by atoms with van der Waals surface area (Å²) in [7, 11) is 1.87. The van der Waals surface area contributed by atoms with E-state index >= 15 is 0 Å². The highest BCUT2D eigenvalue weighted by molar-refractivity contribution is 6.30. The Kier molecular flexibility index (Phi) is 4.81. The van der Waals surface area contributed by atoms with E-state index in [2.05, 4.69) is 18.9 Å². The van der Waals surface area contributed by atoms with Gasteiger partial charge in [-0.1, -0.05) is 25.4 Å². The van der Waals surface area contributed by atoms with Crippen molar-refractivity contribution in [2.75, 3.05) is 0 Å². The predicted octanol–water partition coefficient (Wildman–Crippen LogP) is 2.69. The summed E-state index contributed by atoms with van der Waals surface area (Å²) in [5.41, 5.74) is 8.21. The predicted molar refractivity (Wildman–Crippen MR) is 68.7 cm³/mol. The maximum absolute atomic E-state index is 6.16. The van der Waals surface area contributed by atoms with Crippen molar-refractivity contribution in [1.82, 2.24) is 9.78 Å². The molecule has 0 fully saturated rings. The van der Waals surface area contributed by atoms with E-state index in [-0.39, 0.29) is 6.04 Å². The fourth-order valence-corrected chi connectivity index (χ4v) is 2.07. The van der Waals surface area contributed by atoms with Gasteiger partial charge in [-0.3, -0.25) is 4.68 Å². The summed E-state index contributed by atoms with van der Waals surface area (Å²) < 4.78 is 1.73. The van der Waals surface area contributed by atoms with Crippen LogP contribution in [0.25, 0.3) is 0 Å². The molecule has 0 aliphatic rings. The van der Waals surface area contributed by atoms with E-state index in [0.29, 0.717) is 5.92 Å². The number of aryl methyl sites for hydroxylation is 2. The molecule has 0 saturated heterocycles. The lowest BCUT2D eigenvalue weighted by Crippen LogP contribution is -2.26. The molecule has 2 N–H and O–H groups in total. The molecule has 92 valence electrons. The minimum atomic E-state index is 0.288. The van der Waals surface area contributed by atoms with Gasteiger partial charge in [0.2, 0.25) is 0 Å². The average Bonchev–Trinajstić information content (AvgIpc) is 2.44. The fourth-order valence-electron chi connectivity index (χ4n) is 1.81. The normalized spacial score (nSPS) is 13.4. The summed E-state index contributed by atoms with van der Waals surface area (Å²) >= 11 is 6.16. The van der Waals surface area contributed by atoms with Gasteiger partial charge in [0.25, 0.3) is 0 Å². The first-order chi connectivity index (χ1) is 7.43. The van der Waals surface area contributed by atoms with Crippen LogP contribution < -0.4 is 5.73 Å². The summed E-state index contributed by atoms with van der Waals surface area (Å²) in [6, 6.07) is 0.288. The van der Waals surface area contributed by atoms with Crippen molar-refractivity contribution < 1.29 is 0 Å². The van der Waals surface area contributed by atoms with Crippen LogP contribution in [0.2, 0.25) is 5.15 Å². The number of halogens is 1. The Labute approximate surface area is 103 Å². The van der Waals surface area contributed by atoms with E-state index in [1.54, 1.807) is 4.68 Å². The molecule has 1 aromatic heterocycles. The summed E-state index contributed by atoms with van der Waals surface area (Å²) in [6.07, 6.45) is 3.09. The molecule has 0 aliphatic heterocycles. The Morgan fingerprint density at radius 2 is 2.06 bits per heavy atom. The second kappa shape index (κ2) is 5.69. The first-order valence-electron chi connectivity index (χ1n) is 5.87. The zero-order valence-corrected chi connectivity index (χ0v) is 11.4. The molecule has 1 rings (SSSR count). The highest BCUT2D eigenvalue weighted by Crippen LogP contribution is 2.21. The molecule has 0 bridgehead atoms. The zero-order chi connectivity index (χ0) is 12.3. The van der Waals surface area contributed by atoms with Crippen molar-refractivity contribution in [2.24, 2.45) is 18.7 Å². The molecule has 0 aromatic carbocycles. The van der Waals surface area contributed by atoms with Crippen LogP contribution in [-0.4, -0.2) is 15.8 Å². The highest BCUT2D eigenvalue weighted by Gasteiger charge is 2.12. The van der Waals surface area contributed by atoms with Crippen molar-refractivity contribution in [3.8, 4) is 0 Å². The van der Waals surface area contributed by atoms with Gasteiger partial charge in [0.1, 0.15) is 5.15 Å². The maximum atomic E-state index is 6.16. The molecule has 0 amide bonds. The largest absolute Gasteiger partial charge is 0.327 e. The van der Waals surface area contributed by atoms with Gasteiger partial charge in [-0.15, -0.1) is 0 Å². The van der Waals surface area contributed by atoms with Crippen LogP contribution in [0, 0.1) is 12.8 Å². The molecule has 16 heavy (non-hydrogen) atoms. The Morgan fingerprint density at radius 3 is 2.50 bits per heavy atom. The van der Waals surface area contributed by atoms with Crippen molar-refractivity contribution >= 4 is 11.6 Å². The fraction of sp³-hybridized carbons (Fsp3) is 0.750. The van der Waals surface area contributed by atoms with Crippen molar-refractivity contribution in [2.45, 2.75) is 46.1 Å². The van der Waals surface area contributed by atoms with Gasteiger partial charge in [0.15, 0.2) is 0 Å². The smallest absolute Gasteiger partial charge is 0.130 e. The first kappa shape index (κ1) is 13.5. The molecular formula is C12H22ClN3. The zero-order valence-electron chi connectivity index (χ0n) is 10.6. The molecule has 0 spiro atoms. The lowest BCUT2D eigenvalue weighted by molar-refractivity contribution is 0.452. The van der Waals surface area contributed by atoms with Crippen molar-refractivity contribution in [1.29, 1.82) is 0 Å². The molecule has 0 radical (unpaired) electrons. The summed E-state index contributed by atoms with van der Waals surface area (Å²) in [4.78, 5) is 0.